The number of carbonyl (C=O) groups excluding carboxylic acids is 2. The monoisotopic (exact) mass is 339 g/mol. The minimum Gasteiger partial charge on any atom is -0.334 e. The first-order chi connectivity index (χ1) is 9.65. The van der Waals surface area contributed by atoms with Crippen LogP contribution in [0.4, 0.5) is 4.79 Å². The van der Waals surface area contributed by atoms with E-state index in [0.29, 0.717) is 6.54 Å². The van der Waals surface area contributed by atoms with Crippen LogP contribution in [0.15, 0.2) is 28.7 Å². The molecule has 0 atom stereocenters. The van der Waals surface area contributed by atoms with Crippen LogP contribution in [-0.4, -0.2) is 25.0 Å². The molecule has 3 amide bonds. The SMILES string of the molecule is O=C(NCc1ccc(Br)cc1)NC(=O)C1CCNCC1. The molecule has 1 saturated heterocycles. The predicted octanol–water partition coefficient (Wildman–Crippen LogP) is 1.77. The lowest BCUT2D eigenvalue weighted by atomic mass is 9.97. The van der Waals surface area contributed by atoms with Gasteiger partial charge in [-0.05, 0) is 43.6 Å². The van der Waals surface area contributed by atoms with Crippen LogP contribution in [-0.2, 0) is 11.3 Å². The van der Waals surface area contributed by atoms with Crippen molar-refractivity contribution >= 4 is 27.9 Å². The van der Waals surface area contributed by atoms with Gasteiger partial charge in [0.05, 0.1) is 0 Å². The maximum Gasteiger partial charge on any atom is 0.321 e. The van der Waals surface area contributed by atoms with Gasteiger partial charge in [0.2, 0.25) is 5.91 Å². The van der Waals surface area contributed by atoms with Crippen molar-refractivity contribution in [3.8, 4) is 0 Å². The number of carbonyl (C=O) groups is 2. The number of halogens is 1. The molecule has 0 radical (unpaired) electrons. The molecule has 6 heteroatoms. The second-order valence-electron chi connectivity index (χ2n) is 4.82. The fourth-order valence-corrected chi connectivity index (χ4v) is 2.39. The summed E-state index contributed by atoms with van der Waals surface area (Å²) < 4.78 is 0.992. The van der Waals surface area contributed by atoms with E-state index in [0.717, 1.165) is 36.0 Å². The lowest BCUT2D eigenvalue weighted by Gasteiger charge is -2.21. The van der Waals surface area contributed by atoms with Gasteiger partial charge < -0.3 is 10.6 Å². The van der Waals surface area contributed by atoms with Gasteiger partial charge >= 0.3 is 6.03 Å². The zero-order chi connectivity index (χ0) is 14.4. The van der Waals surface area contributed by atoms with E-state index in [-0.39, 0.29) is 11.8 Å². The molecule has 0 spiro atoms. The van der Waals surface area contributed by atoms with Crippen LogP contribution in [0.5, 0.6) is 0 Å². The maximum absolute atomic E-state index is 11.9. The number of nitrogens with one attached hydrogen (secondary N) is 3. The first-order valence-electron chi connectivity index (χ1n) is 6.69. The highest BCUT2D eigenvalue weighted by molar-refractivity contribution is 9.10. The Morgan fingerprint density at radius 3 is 2.50 bits per heavy atom. The van der Waals surface area contributed by atoms with Gasteiger partial charge in [-0.1, -0.05) is 28.1 Å². The number of urea groups is 1. The Hall–Kier alpha value is -1.40. The van der Waals surface area contributed by atoms with Crippen LogP contribution in [0.3, 0.4) is 0 Å². The van der Waals surface area contributed by atoms with Gasteiger partial charge in [0, 0.05) is 16.9 Å². The largest absolute Gasteiger partial charge is 0.334 e. The molecule has 3 N–H and O–H groups in total. The molecule has 1 aromatic carbocycles. The molecule has 1 aromatic rings. The minimum atomic E-state index is -0.434. The smallest absolute Gasteiger partial charge is 0.321 e. The molecule has 5 nitrogen and oxygen atoms in total. The first-order valence-corrected chi connectivity index (χ1v) is 7.48. The second kappa shape index (κ2) is 7.40. The van der Waals surface area contributed by atoms with E-state index >= 15 is 0 Å². The fourth-order valence-electron chi connectivity index (χ4n) is 2.13. The Bertz CT molecular complexity index is 470. The fraction of sp³-hybridized carbons (Fsp3) is 0.429. The molecule has 20 heavy (non-hydrogen) atoms. The third-order valence-electron chi connectivity index (χ3n) is 3.31. The molecule has 108 valence electrons. The first kappa shape index (κ1) is 15.0. The average molecular weight is 340 g/mol. The average Bonchev–Trinajstić information content (AvgIpc) is 2.47. The summed E-state index contributed by atoms with van der Waals surface area (Å²) in [7, 11) is 0. The molecule has 1 heterocycles. The van der Waals surface area contributed by atoms with Gasteiger partial charge in [0.15, 0.2) is 0 Å². The molecule has 0 bridgehead atoms. The van der Waals surface area contributed by atoms with E-state index in [4.69, 9.17) is 0 Å². The van der Waals surface area contributed by atoms with E-state index in [9.17, 15) is 9.59 Å². The van der Waals surface area contributed by atoms with E-state index in [1.807, 2.05) is 24.3 Å². The number of piperidine rings is 1. The highest BCUT2D eigenvalue weighted by Gasteiger charge is 2.22. The van der Waals surface area contributed by atoms with E-state index < -0.39 is 6.03 Å². The summed E-state index contributed by atoms with van der Waals surface area (Å²) in [5, 5.41) is 8.28. The van der Waals surface area contributed by atoms with Crippen LogP contribution in [0.2, 0.25) is 0 Å². The number of hydrogen-bond acceptors (Lipinski definition) is 3. The Balaban J connectivity index is 1.74. The zero-order valence-electron chi connectivity index (χ0n) is 11.1. The van der Waals surface area contributed by atoms with Gasteiger partial charge in [0.1, 0.15) is 0 Å². The number of rotatable bonds is 3. The molecule has 2 rings (SSSR count). The zero-order valence-corrected chi connectivity index (χ0v) is 12.7. The van der Waals surface area contributed by atoms with Gasteiger partial charge in [-0.15, -0.1) is 0 Å². The summed E-state index contributed by atoms with van der Waals surface area (Å²) in [5.41, 5.74) is 0.984. The summed E-state index contributed by atoms with van der Waals surface area (Å²) in [6.45, 7) is 2.07. The summed E-state index contributed by atoms with van der Waals surface area (Å²) in [6.07, 6.45) is 1.57. The van der Waals surface area contributed by atoms with E-state index in [1.165, 1.54) is 0 Å². The highest BCUT2D eigenvalue weighted by Crippen LogP contribution is 2.11. The minimum absolute atomic E-state index is 0.0605. The molecule has 0 unspecified atom stereocenters. The maximum atomic E-state index is 11.9. The van der Waals surface area contributed by atoms with Crippen molar-refractivity contribution in [3.05, 3.63) is 34.3 Å². The quantitative estimate of drug-likeness (QED) is 0.786. The number of hydrogen-bond donors (Lipinski definition) is 3. The summed E-state index contributed by atoms with van der Waals surface area (Å²) in [6, 6.07) is 7.22. The number of amides is 3. The molecule has 1 fully saturated rings. The lowest BCUT2D eigenvalue weighted by molar-refractivity contribution is -0.124. The van der Waals surface area contributed by atoms with Gasteiger partial charge in [0.25, 0.3) is 0 Å². The Labute approximate surface area is 126 Å². The van der Waals surface area contributed by atoms with Crippen LogP contribution in [0.25, 0.3) is 0 Å². The third kappa shape index (κ3) is 4.61. The van der Waals surface area contributed by atoms with Crippen molar-refractivity contribution in [1.82, 2.24) is 16.0 Å². The summed E-state index contributed by atoms with van der Waals surface area (Å²) >= 11 is 3.35. The van der Waals surface area contributed by atoms with Crippen molar-refractivity contribution in [3.63, 3.8) is 0 Å². The van der Waals surface area contributed by atoms with Crippen molar-refractivity contribution in [1.29, 1.82) is 0 Å². The van der Waals surface area contributed by atoms with Gasteiger partial charge in [-0.3, -0.25) is 10.1 Å². The normalized spacial score (nSPS) is 15.7. The van der Waals surface area contributed by atoms with Crippen molar-refractivity contribution in [2.24, 2.45) is 5.92 Å². The molecule has 0 aliphatic carbocycles. The molecular formula is C14H18BrN3O2. The lowest BCUT2D eigenvalue weighted by Crippen LogP contribution is -2.44. The molecule has 1 aliphatic heterocycles. The highest BCUT2D eigenvalue weighted by atomic mass is 79.9. The summed E-state index contributed by atoms with van der Waals surface area (Å²) in [5.74, 6) is -0.241. The van der Waals surface area contributed by atoms with Crippen molar-refractivity contribution < 1.29 is 9.59 Å². The second-order valence-corrected chi connectivity index (χ2v) is 5.74. The van der Waals surface area contributed by atoms with E-state index in [2.05, 4.69) is 31.9 Å². The van der Waals surface area contributed by atoms with E-state index in [1.54, 1.807) is 0 Å². The van der Waals surface area contributed by atoms with Crippen molar-refractivity contribution in [2.45, 2.75) is 19.4 Å². The van der Waals surface area contributed by atoms with Crippen LogP contribution < -0.4 is 16.0 Å². The van der Waals surface area contributed by atoms with Gasteiger partial charge in [-0.25, -0.2) is 4.79 Å². The van der Waals surface area contributed by atoms with Gasteiger partial charge in [-0.2, -0.15) is 0 Å². The molecule has 0 saturated carbocycles. The predicted molar refractivity (Wildman–Crippen MR) is 80.1 cm³/mol. The molecule has 0 aromatic heterocycles. The Morgan fingerprint density at radius 2 is 1.85 bits per heavy atom. The van der Waals surface area contributed by atoms with Crippen LogP contribution >= 0.6 is 15.9 Å². The van der Waals surface area contributed by atoms with Crippen LogP contribution in [0, 0.1) is 5.92 Å². The Kier molecular flexibility index (Phi) is 5.55. The van der Waals surface area contributed by atoms with Crippen molar-refractivity contribution in [2.75, 3.05) is 13.1 Å². The standard InChI is InChI=1S/C14H18BrN3O2/c15-12-3-1-10(2-4-12)9-17-14(20)18-13(19)11-5-7-16-8-6-11/h1-4,11,16H,5-9H2,(H2,17,18,19,20). The molecular weight excluding hydrogens is 322 g/mol. The summed E-state index contributed by atoms with van der Waals surface area (Å²) in [4.78, 5) is 23.5. The molecule has 1 aliphatic rings. The Morgan fingerprint density at radius 1 is 1.20 bits per heavy atom. The number of imide groups is 1. The van der Waals surface area contributed by atoms with Crippen LogP contribution in [0.1, 0.15) is 18.4 Å². The topological polar surface area (TPSA) is 70.2 Å². The number of benzene rings is 1. The third-order valence-corrected chi connectivity index (χ3v) is 3.84.